The van der Waals surface area contributed by atoms with Gasteiger partial charge in [0.2, 0.25) is 0 Å². The number of likely N-dealkylation sites (tertiary alicyclic amines) is 1. The van der Waals surface area contributed by atoms with Crippen molar-refractivity contribution in [1.29, 1.82) is 0 Å². The van der Waals surface area contributed by atoms with Gasteiger partial charge in [0.25, 0.3) is 0 Å². The first kappa shape index (κ1) is 22.4. The summed E-state index contributed by atoms with van der Waals surface area (Å²) in [5.41, 5.74) is 0. The molecule has 1 saturated heterocycles. The highest BCUT2D eigenvalue weighted by Gasteiger charge is 2.15. The van der Waals surface area contributed by atoms with Gasteiger partial charge >= 0.3 is 0 Å². The van der Waals surface area contributed by atoms with Gasteiger partial charge < -0.3 is 10.0 Å². The van der Waals surface area contributed by atoms with Crippen molar-refractivity contribution < 1.29 is 5.11 Å². The molecule has 1 heterocycles. The first-order valence-electron chi connectivity index (χ1n) is 11.0. The van der Waals surface area contributed by atoms with Gasteiger partial charge in [-0.2, -0.15) is 0 Å². The van der Waals surface area contributed by atoms with Crippen LogP contribution in [-0.4, -0.2) is 35.7 Å². The average molecular weight is 350 g/mol. The Labute approximate surface area is 157 Å². The van der Waals surface area contributed by atoms with E-state index in [-0.39, 0.29) is 6.10 Å². The van der Waals surface area contributed by atoms with Crippen LogP contribution in [0, 0.1) is 0 Å². The molecule has 25 heavy (non-hydrogen) atoms. The number of allylic oxidation sites excluding steroid dienone is 4. The number of unbranched alkanes of at least 4 members (excludes halogenated alkanes) is 9. The molecular weight excluding hydrogens is 306 g/mol. The van der Waals surface area contributed by atoms with E-state index < -0.39 is 0 Å². The van der Waals surface area contributed by atoms with Crippen molar-refractivity contribution in [1.82, 2.24) is 4.90 Å². The number of hydrogen-bond donors (Lipinski definition) is 1. The summed E-state index contributed by atoms with van der Waals surface area (Å²) in [7, 11) is 0. The van der Waals surface area contributed by atoms with Crippen molar-refractivity contribution in [2.75, 3.05) is 19.6 Å². The highest BCUT2D eigenvalue weighted by molar-refractivity contribution is 4.92. The Balaban J connectivity index is 1.77. The molecule has 2 nitrogen and oxygen atoms in total. The van der Waals surface area contributed by atoms with Gasteiger partial charge in [-0.3, -0.25) is 0 Å². The molecule has 1 aliphatic heterocycles. The fraction of sp³-hybridized carbons (Fsp3) is 0.826. The Bertz CT molecular complexity index is 329. The molecule has 0 amide bonds. The summed E-state index contributed by atoms with van der Waals surface area (Å²) in [6.45, 7) is 5.69. The second-order valence-corrected chi connectivity index (χ2v) is 7.66. The van der Waals surface area contributed by atoms with E-state index in [1.807, 2.05) is 0 Å². The SMILES string of the molecule is CCCCCC=CCC=CCCCCCCCCN1CCC(O)CC1. The molecule has 0 atom stereocenters. The lowest BCUT2D eigenvalue weighted by atomic mass is 10.1. The second kappa shape index (κ2) is 16.8. The van der Waals surface area contributed by atoms with Crippen LogP contribution in [-0.2, 0) is 0 Å². The van der Waals surface area contributed by atoms with Crippen LogP contribution in [0.1, 0.15) is 96.8 Å². The Hall–Kier alpha value is -0.600. The van der Waals surface area contributed by atoms with Crippen LogP contribution in [0.3, 0.4) is 0 Å². The quantitative estimate of drug-likeness (QED) is 0.279. The summed E-state index contributed by atoms with van der Waals surface area (Å²) < 4.78 is 0. The third-order valence-corrected chi connectivity index (χ3v) is 5.23. The Kier molecular flexibility index (Phi) is 15.1. The zero-order valence-corrected chi connectivity index (χ0v) is 16.8. The van der Waals surface area contributed by atoms with Gasteiger partial charge in [0.05, 0.1) is 6.10 Å². The van der Waals surface area contributed by atoms with Gasteiger partial charge in [0.1, 0.15) is 0 Å². The lowest BCUT2D eigenvalue weighted by Gasteiger charge is -2.29. The third kappa shape index (κ3) is 14.3. The minimum absolute atomic E-state index is 0.0351. The van der Waals surface area contributed by atoms with Crippen molar-refractivity contribution in [2.24, 2.45) is 0 Å². The largest absolute Gasteiger partial charge is 0.393 e. The molecule has 1 aliphatic rings. The summed E-state index contributed by atoms with van der Waals surface area (Å²) in [4.78, 5) is 2.52. The highest BCUT2D eigenvalue weighted by Crippen LogP contribution is 2.12. The molecule has 146 valence electrons. The molecule has 0 aromatic carbocycles. The smallest absolute Gasteiger partial charge is 0.0564 e. The first-order chi connectivity index (χ1) is 12.3. The van der Waals surface area contributed by atoms with E-state index in [0.717, 1.165) is 32.4 Å². The highest BCUT2D eigenvalue weighted by atomic mass is 16.3. The number of hydrogen-bond acceptors (Lipinski definition) is 2. The Morgan fingerprint density at radius 1 is 0.760 bits per heavy atom. The van der Waals surface area contributed by atoms with Crippen molar-refractivity contribution in [2.45, 2.75) is 103 Å². The van der Waals surface area contributed by atoms with E-state index in [2.05, 4.69) is 36.1 Å². The van der Waals surface area contributed by atoms with Gasteiger partial charge in [0, 0.05) is 13.1 Å². The van der Waals surface area contributed by atoms with Gasteiger partial charge in [-0.05, 0) is 57.9 Å². The molecule has 2 heteroatoms. The van der Waals surface area contributed by atoms with Crippen molar-refractivity contribution >= 4 is 0 Å². The van der Waals surface area contributed by atoms with Gasteiger partial charge in [-0.15, -0.1) is 0 Å². The van der Waals surface area contributed by atoms with Crippen LogP contribution in [0.25, 0.3) is 0 Å². The average Bonchev–Trinajstić information content (AvgIpc) is 2.63. The van der Waals surface area contributed by atoms with Gasteiger partial charge in [0.15, 0.2) is 0 Å². The lowest BCUT2D eigenvalue weighted by Crippen LogP contribution is -2.36. The topological polar surface area (TPSA) is 23.5 Å². The van der Waals surface area contributed by atoms with Gasteiger partial charge in [-0.25, -0.2) is 0 Å². The minimum atomic E-state index is -0.0351. The molecule has 1 N–H and O–H groups in total. The number of aliphatic hydroxyl groups excluding tert-OH is 1. The van der Waals surface area contributed by atoms with Crippen LogP contribution < -0.4 is 0 Å². The fourth-order valence-electron chi connectivity index (χ4n) is 3.47. The molecule has 0 bridgehead atoms. The molecule has 0 radical (unpaired) electrons. The Morgan fingerprint density at radius 3 is 1.96 bits per heavy atom. The molecule has 0 aromatic heterocycles. The molecule has 0 unspecified atom stereocenters. The number of aliphatic hydroxyl groups is 1. The lowest BCUT2D eigenvalue weighted by molar-refractivity contribution is 0.0817. The summed E-state index contributed by atoms with van der Waals surface area (Å²) in [5, 5.41) is 9.50. The monoisotopic (exact) mass is 349 g/mol. The maximum Gasteiger partial charge on any atom is 0.0564 e. The minimum Gasteiger partial charge on any atom is -0.393 e. The van der Waals surface area contributed by atoms with E-state index in [1.54, 1.807) is 0 Å². The summed E-state index contributed by atoms with van der Waals surface area (Å²) in [5.74, 6) is 0. The predicted octanol–water partition coefficient (Wildman–Crippen LogP) is 6.26. The Morgan fingerprint density at radius 2 is 1.32 bits per heavy atom. The molecule has 0 aliphatic carbocycles. The normalized spacial score (nSPS) is 17.2. The first-order valence-corrected chi connectivity index (χ1v) is 11.0. The van der Waals surface area contributed by atoms with E-state index >= 15 is 0 Å². The zero-order valence-electron chi connectivity index (χ0n) is 16.8. The molecule has 0 spiro atoms. The van der Waals surface area contributed by atoms with Crippen molar-refractivity contribution in [3.63, 3.8) is 0 Å². The fourth-order valence-corrected chi connectivity index (χ4v) is 3.47. The second-order valence-electron chi connectivity index (χ2n) is 7.66. The molecule has 0 saturated carbocycles. The molecular formula is C23H43NO. The molecule has 1 fully saturated rings. The van der Waals surface area contributed by atoms with E-state index in [0.29, 0.717) is 0 Å². The van der Waals surface area contributed by atoms with E-state index in [1.165, 1.54) is 77.2 Å². The third-order valence-electron chi connectivity index (χ3n) is 5.23. The summed E-state index contributed by atoms with van der Waals surface area (Å²) in [6, 6.07) is 0. The summed E-state index contributed by atoms with van der Waals surface area (Å²) >= 11 is 0. The zero-order chi connectivity index (χ0) is 18.0. The van der Waals surface area contributed by atoms with Crippen molar-refractivity contribution in [3.05, 3.63) is 24.3 Å². The maximum atomic E-state index is 9.50. The maximum absolute atomic E-state index is 9.50. The summed E-state index contributed by atoms with van der Waals surface area (Å²) in [6.07, 6.45) is 27.1. The number of rotatable bonds is 15. The van der Waals surface area contributed by atoms with E-state index in [9.17, 15) is 5.11 Å². The van der Waals surface area contributed by atoms with Gasteiger partial charge in [-0.1, -0.05) is 69.8 Å². The molecule has 0 aromatic rings. The molecule has 1 rings (SSSR count). The number of nitrogens with zero attached hydrogens (tertiary/aromatic N) is 1. The van der Waals surface area contributed by atoms with Crippen LogP contribution in [0.15, 0.2) is 24.3 Å². The predicted molar refractivity (Wildman–Crippen MR) is 111 cm³/mol. The van der Waals surface area contributed by atoms with Crippen LogP contribution in [0.2, 0.25) is 0 Å². The van der Waals surface area contributed by atoms with Crippen molar-refractivity contribution in [3.8, 4) is 0 Å². The van der Waals surface area contributed by atoms with Crippen LogP contribution in [0.4, 0.5) is 0 Å². The standard InChI is InChI=1S/C23H43NO/c1-2-3-4-5-6-7-8-9-10-11-12-13-14-15-16-17-20-24-21-18-23(25)19-22-24/h6-7,9-10,23,25H,2-5,8,11-22H2,1H3. The van der Waals surface area contributed by atoms with Crippen LogP contribution in [0.5, 0.6) is 0 Å². The number of piperidine rings is 1. The van der Waals surface area contributed by atoms with Crippen LogP contribution >= 0.6 is 0 Å². The van der Waals surface area contributed by atoms with E-state index in [4.69, 9.17) is 0 Å².